The largest absolute Gasteiger partial charge is 0.475 e. The second-order valence-electron chi connectivity index (χ2n) is 8.09. The van der Waals surface area contributed by atoms with Gasteiger partial charge >= 0.3 is 0 Å². The van der Waals surface area contributed by atoms with Gasteiger partial charge < -0.3 is 29.4 Å². The molecule has 1 saturated heterocycles. The Bertz CT molecular complexity index is 1350. The predicted molar refractivity (Wildman–Crippen MR) is 127 cm³/mol. The standard InChI is InChI=1S/C24H23N7O3/c32-23-19-13-16(14-27-24(19)34-10-6-26-23)20-15-31-7-5-25-22(31)21(29-20)28-17-1-3-18(4-2-17)30-8-11-33-12-9-30/h1-5,7,13-15H,6,8-12H2,(H,26,32)(H,28,29). The van der Waals surface area contributed by atoms with Crippen molar-refractivity contribution in [3.05, 3.63) is 60.7 Å². The number of nitrogens with one attached hydrogen (secondary N) is 2. The number of imidazole rings is 1. The highest BCUT2D eigenvalue weighted by atomic mass is 16.5. The van der Waals surface area contributed by atoms with Gasteiger partial charge in [0.25, 0.3) is 5.91 Å². The summed E-state index contributed by atoms with van der Waals surface area (Å²) in [5, 5.41) is 6.21. The van der Waals surface area contributed by atoms with Gasteiger partial charge in [-0.2, -0.15) is 0 Å². The number of carbonyl (C=O) groups is 1. The molecule has 0 atom stereocenters. The molecule has 3 aromatic heterocycles. The zero-order valence-corrected chi connectivity index (χ0v) is 18.4. The third-order valence-electron chi connectivity index (χ3n) is 5.90. The van der Waals surface area contributed by atoms with E-state index in [9.17, 15) is 4.79 Å². The van der Waals surface area contributed by atoms with Gasteiger partial charge in [0.15, 0.2) is 11.5 Å². The van der Waals surface area contributed by atoms with E-state index in [1.165, 1.54) is 0 Å². The Morgan fingerprint density at radius 1 is 1.06 bits per heavy atom. The molecule has 0 spiro atoms. The number of anilines is 3. The fraction of sp³-hybridized carbons (Fsp3) is 0.250. The van der Waals surface area contributed by atoms with Gasteiger partial charge in [-0.1, -0.05) is 0 Å². The molecular formula is C24H23N7O3. The summed E-state index contributed by atoms with van der Waals surface area (Å²) >= 11 is 0. The SMILES string of the molecule is O=C1NCCOc2ncc(-c3cn4ccnc4c(Nc4ccc(N5CCOCC5)cc4)n3)cc21. The maximum Gasteiger partial charge on any atom is 0.256 e. The fourth-order valence-electron chi connectivity index (χ4n) is 4.15. The first-order valence-electron chi connectivity index (χ1n) is 11.2. The average Bonchev–Trinajstić information content (AvgIpc) is 3.29. The van der Waals surface area contributed by atoms with Crippen LogP contribution in [0.4, 0.5) is 17.2 Å². The summed E-state index contributed by atoms with van der Waals surface area (Å²) in [4.78, 5) is 28.4. The summed E-state index contributed by atoms with van der Waals surface area (Å²) in [6, 6.07) is 10.0. The zero-order chi connectivity index (χ0) is 22.9. The average molecular weight is 457 g/mol. The minimum Gasteiger partial charge on any atom is -0.475 e. The fourth-order valence-corrected chi connectivity index (χ4v) is 4.15. The molecule has 10 heteroatoms. The van der Waals surface area contributed by atoms with Crippen LogP contribution in [0.2, 0.25) is 0 Å². The summed E-state index contributed by atoms with van der Waals surface area (Å²) in [5.41, 5.74) is 4.53. The number of carbonyl (C=O) groups excluding carboxylic acids is 1. The topological polar surface area (TPSA) is 106 Å². The highest BCUT2D eigenvalue weighted by Gasteiger charge is 2.20. The lowest BCUT2D eigenvalue weighted by atomic mass is 10.1. The molecule has 172 valence electrons. The molecule has 0 saturated carbocycles. The van der Waals surface area contributed by atoms with Crippen LogP contribution in [0.1, 0.15) is 10.4 Å². The Labute approximate surface area is 195 Å². The van der Waals surface area contributed by atoms with E-state index < -0.39 is 0 Å². The Balaban J connectivity index is 1.32. The van der Waals surface area contributed by atoms with Crippen LogP contribution in [0, 0.1) is 0 Å². The first-order valence-corrected chi connectivity index (χ1v) is 11.2. The number of nitrogens with zero attached hydrogens (tertiary/aromatic N) is 5. The van der Waals surface area contributed by atoms with Crippen LogP contribution in [-0.2, 0) is 4.74 Å². The molecule has 34 heavy (non-hydrogen) atoms. The lowest BCUT2D eigenvalue weighted by molar-refractivity contribution is 0.0957. The van der Waals surface area contributed by atoms with Crippen LogP contribution in [0.15, 0.2) is 55.1 Å². The molecular weight excluding hydrogens is 434 g/mol. The highest BCUT2D eigenvalue weighted by Crippen LogP contribution is 2.28. The first kappa shape index (κ1) is 20.4. The summed E-state index contributed by atoms with van der Waals surface area (Å²) in [6.45, 7) is 4.12. The summed E-state index contributed by atoms with van der Waals surface area (Å²) in [5.74, 6) is 0.739. The Kier molecular flexibility index (Phi) is 5.19. The molecule has 2 N–H and O–H groups in total. The summed E-state index contributed by atoms with van der Waals surface area (Å²) in [6.07, 6.45) is 7.13. The molecule has 0 bridgehead atoms. The van der Waals surface area contributed by atoms with Crippen LogP contribution < -0.4 is 20.3 Å². The van der Waals surface area contributed by atoms with Crippen molar-refractivity contribution in [1.82, 2.24) is 24.7 Å². The number of amides is 1. The quantitative estimate of drug-likeness (QED) is 0.482. The van der Waals surface area contributed by atoms with Crippen LogP contribution >= 0.6 is 0 Å². The van der Waals surface area contributed by atoms with Crippen molar-refractivity contribution >= 4 is 28.7 Å². The minimum atomic E-state index is -0.204. The molecule has 5 heterocycles. The molecule has 2 aliphatic rings. The van der Waals surface area contributed by atoms with E-state index in [2.05, 4.69) is 37.6 Å². The number of hydrogen-bond donors (Lipinski definition) is 2. The molecule has 1 aromatic carbocycles. The van der Waals surface area contributed by atoms with Gasteiger partial charge in [-0.25, -0.2) is 15.0 Å². The van der Waals surface area contributed by atoms with E-state index >= 15 is 0 Å². The van der Waals surface area contributed by atoms with Crippen LogP contribution in [0.25, 0.3) is 16.9 Å². The summed E-state index contributed by atoms with van der Waals surface area (Å²) in [7, 11) is 0. The van der Waals surface area contributed by atoms with E-state index in [1.807, 2.05) is 28.9 Å². The van der Waals surface area contributed by atoms with Gasteiger partial charge in [0, 0.05) is 54.8 Å². The number of pyridine rings is 1. The molecule has 0 aliphatic carbocycles. The van der Waals surface area contributed by atoms with Crippen molar-refractivity contribution in [1.29, 1.82) is 0 Å². The molecule has 1 amide bonds. The lowest BCUT2D eigenvalue weighted by Crippen LogP contribution is -2.36. The number of ether oxygens (including phenoxy) is 2. The third-order valence-corrected chi connectivity index (χ3v) is 5.90. The molecule has 0 unspecified atom stereocenters. The molecule has 6 rings (SSSR count). The van der Waals surface area contributed by atoms with Crippen molar-refractivity contribution < 1.29 is 14.3 Å². The van der Waals surface area contributed by atoms with Crippen molar-refractivity contribution in [3.8, 4) is 17.1 Å². The molecule has 10 nitrogen and oxygen atoms in total. The lowest BCUT2D eigenvalue weighted by Gasteiger charge is -2.28. The van der Waals surface area contributed by atoms with Gasteiger partial charge in [0.05, 0.1) is 25.5 Å². The second-order valence-corrected chi connectivity index (χ2v) is 8.09. The van der Waals surface area contributed by atoms with Gasteiger partial charge in [0.2, 0.25) is 5.88 Å². The first-order chi connectivity index (χ1) is 16.7. The van der Waals surface area contributed by atoms with Gasteiger partial charge in [0.1, 0.15) is 12.2 Å². The van der Waals surface area contributed by atoms with Gasteiger partial charge in [-0.15, -0.1) is 0 Å². The van der Waals surface area contributed by atoms with Crippen LogP contribution in [0.5, 0.6) is 5.88 Å². The van der Waals surface area contributed by atoms with Crippen molar-refractivity contribution in [2.75, 3.05) is 49.7 Å². The number of hydrogen-bond acceptors (Lipinski definition) is 8. The Morgan fingerprint density at radius 3 is 2.76 bits per heavy atom. The van der Waals surface area contributed by atoms with Crippen molar-refractivity contribution in [2.24, 2.45) is 0 Å². The highest BCUT2D eigenvalue weighted by molar-refractivity contribution is 5.97. The van der Waals surface area contributed by atoms with Gasteiger partial charge in [-0.05, 0) is 30.3 Å². The monoisotopic (exact) mass is 457 g/mol. The van der Waals surface area contributed by atoms with Crippen LogP contribution in [-0.4, -0.2) is 64.7 Å². The van der Waals surface area contributed by atoms with E-state index in [1.54, 1.807) is 18.5 Å². The smallest absolute Gasteiger partial charge is 0.256 e. The maximum atomic E-state index is 12.4. The van der Waals surface area contributed by atoms with E-state index in [0.29, 0.717) is 47.3 Å². The molecule has 4 aromatic rings. The van der Waals surface area contributed by atoms with E-state index in [0.717, 1.165) is 37.7 Å². The van der Waals surface area contributed by atoms with Crippen molar-refractivity contribution in [2.45, 2.75) is 0 Å². The van der Waals surface area contributed by atoms with Crippen molar-refractivity contribution in [3.63, 3.8) is 0 Å². The Morgan fingerprint density at radius 2 is 1.91 bits per heavy atom. The van der Waals surface area contributed by atoms with Gasteiger partial charge in [-0.3, -0.25) is 4.79 Å². The Hall–Kier alpha value is -4.18. The maximum absolute atomic E-state index is 12.4. The third kappa shape index (κ3) is 3.88. The zero-order valence-electron chi connectivity index (χ0n) is 18.4. The number of benzene rings is 1. The second kappa shape index (κ2) is 8.64. The minimum absolute atomic E-state index is 0.204. The number of aromatic nitrogens is 4. The molecule has 0 radical (unpaired) electrons. The summed E-state index contributed by atoms with van der Waals surface area (Å²) < 4.78 is 12.9. The predicted octanol–water partition coefficient (Wildman–Crippen LogP) is 2.49. The molecule has 2 aliphatic heterocycles. The number of rotatable bonds is 4. The normalized spacial score (nSPS) is 15.9. The number of morpholine rings is 1. The number of fused-ring (bicyclic) bond motifs is 2. The van der Waals surface area contributed by atoms with E-state index in [-0.39, 0.29) is 5.91 Å². The van der Waals surface area contributed by atoms with E-state index in [4.69, 9.17) is 14.5 Å². The molecule has 1 fully saturated rings. The van der Waals surface area contributed by atoms with Crippen LogP contribution in [0.3, 0.4) is 0 Å².